The summed E-state index contributed by atoms with van der Waals surface area (Å²) in [5, 5.41) is 12.2. The van der Waals surface area contributed by atoms with Gasteiger partial charge in [0.25, 0.3) is 0 Å². The van der Waals surface area contributed by atoms with Crippen molar-refractivity contribution in [2.75, 3.05) is 5.32 Å². The molecule has 0 saturated carbocycles. The summed E-state index contributed by atoms with van der Waals surface area (Å²) in [6.07, 6.45) is 0.432. The molecule has 0 aliphatic rings. The Bertz CT molecular complexity index is 482. The second kappa shape index (κ2) is 6.11. The van der Waals surface area contributed by atoms with Gasteiger partial charge in [0.05, 0.1) is 26.8 Å². The summed E-state index contributed by atoms with van der Waals surface area (Å²) < 4.78 is 0. The number of carbonyl (C=O) groups is 1. The van der Waals surface area contributed by atoms with Crippen molar-refractivity contribution in [3.8, 4) is 6.07 Å². The van der Waals surface area contributed by atoms with Crippen molar-refractivity contribution < 1.29 is 4.79 Å². The molecule has 1 aromatic rings. The molecule has 1 unspecified atom stereocenters. The Balaban J connectivity index is 2.93. The van der Waals surface area contributed by atoms with Gasteiger partial charge < -0.3 is 5.32 Å². The van der Waals surface area contributed by atoms with E-state index in [9.17, 15) is 4.79 Å². The van der Waals surface area contributed by atoms with Gasteiger partial charge in [-0.2, -0.15) is 5.26 Å². The highest BCUT2D eigenvalue weighted by atomic mass is 35.5. The molecule has 0 bridgehead atoms. The minimum atomic E-state index is -0.708. The molecule has 3 nitrogen and oxygen atoms in total. The summed E-state index contributed by atoms with van der Waals surface area (Å²) in [6, 6.07) is 4.79. The molecule has 1 amide bonds. The molecular formula is C11H9Cl3N2O. The van der Waals surface area contributed by atoms with E-state index in [1.807, 2.05) is 6.07 Å². The zero-order valence-electron chi connectivity index (χ0n) is 8.93. The lowest BCUT2D eigenvalue weighted by Crippen LogP contribution is -2.21. The molecule has 1 aromatic carbocycles. The molecule has 1 N–H and O–H groups in total. The van der Waals surface area contributed by atoms with E-state index in [0.29, 0.717) is 17.1 Å². The molecule has 0 heterocycles. The Labute approximate surface area is 114 Å². The first-order valence-corrected chi connectivity index (χ1v) is 5.98. The second-order valence-electron chi connectivity index (χ2n) is 3.33. The molecule has 0 aromatic heterocycles. The van der Waals surface area contributed by atoms with Gasteiger partial charge in [0.1, 0.15) is 5.92 Å². The van der Waals surface area contributed by atoms with Gasteiger partial charge in [-0.1, -0.05) is 41.7 Å². The molecule has 0 spiro atoms. The quantitative estimate of drug-likeness (QED) is 0.851. The van der Waals surface area contributed by atoms with Gasteiger partial charge in [0.2, 0.25) is 5.91 Å². The summed E-state index contributed by atoms with van der Waals surface area (Å²) in [7, 11) is 0. The fourth-order valence-corrected chi connectivity index (χ4v) is 1.77. The van der Waals surface area contributed by atoms with Crippen LogP contribution in [0.15, 0.2) is 12.1 Å². The van der Waals surface area contributed by atoms with Crippen LogP contribution in [0.4, 0.5) is 5.69 Å². The van der Waals surface area contributed by atoms with Crippen LogP contribution in [0.3, 0.4) is 0 Å². The number of nitrogens with one attached hydrogen (secondary N) is 1. The number of nitriles is 1. The highest BCUT2D eigenvalue weighted by Gasteiger charge is 2.17. The van der Waals surface area contributed by atoms with Crippen molar-refractivity contribution in [1.29, 1.82) is 5.26 Å². The van der Waals surface area contributed by atoms with E-state index >= 15 is 0 Å². The van der Waals surface area contributed by atoms with Gasteiger partial charge in [-0.25, -0.2) is 0 Å². The monoisotopic (exact) mass is 290 g/mol. The fourth-order valence-electron chi connectivity index (χ4n) is 1.17. The number of rotatable bonds is 3. The third-order valence-electron chi connectivity index (χ3n) is 2.15. The van der Waals surface area contributed by atoms with E-state index in [4.69, 9.17) is 40.1 Å². The van der Waals surface area contributed by atoms with Crippen molar-refractivity contribution in [3.05, 3.63) is 27.2 Å². The van der Waals surface area contributed by atoms with Gasteiger partial charge in [-0.15, -0.1) is 0 Å². The largest absolute Gasteiger partial charge is 0.324 e. The molecule has 6 heteroatoms. The average Bonchev–Trinajstić information content (AvgIpc) is 2.27. The Morgan fingerprint density at radius 1 is 1.35 bits per heavy atom. The van der Waals surface area contributed by atoms with Crippen molar-refractivity contribution in [3.63, 3.8) is 0 Å². The molecule has 1 atom stereocenters. The first-order valence-electron chi connectivity index (χ1n) is 4.84. The normalized spacial score (nSPS) is 11.7. The molecule has 0 aliphatic carbocycles. The van der Waals surface area contributed by atoms with Crippen molar-refractivity contribution in [2.45, 2.75) is 13.3 Å². The number of hydrogen-bond acceptors (Lipinski definition) is 2. The lowest BCUT2D eigenvalue weighted by Gasteiger charge is -2.10. The summed E-state index contributed by atoms with van der Waals surface area (Å²) in [6.45, 7) is 1.75. The second-order valence-corrected chi connectivity index (χ2v) is 4.55. The third-order valence-corrected chi connectivity index (χ3v) is 3.18. The van der Waals surface area contributed by atoms with Gasteiger partial charge in [0.15, 0.2) is 0 Å². The number of anilines is 1. The predicted molar refractivity (Wildman–Crippen MR) is 69.5 cm³/mol. The van der Waals surface area contributed by atoms with Crippen LogP contribution >= 0.6 is 34.8 Å². The van der Waals surface area contributed by atoms with Crippen molar-refractivity contribution in [1.82, 2.24) is 0 Å². The first-order chi connectivity index (χ1) is 7.99. The lowest BCUT2D eigenvalue weighted by atomic mass is 10.1. The number of halogens is 3. The Morgan fingerprint density at radius 2 is 1.94 bits per heavy atom. The van der Waals surface area contributed by atoms with Crippen LogP contribution in [-0.4, -0.2) is 5.91 Å². The number of hydrogen-bond donors (Lipinski definition) is 1. The summed E-state index contributed by atoms with van der Waals surface area (Å²) in [5.74, 6) is -1.11. The minimum Gasteiger partial charge on any atom is -0.324 e. The van der Waals surface area contributed by atoms with E-state index in [1.165, 1.54) is 12.1 Å². The maximum absolute atomic E-state index is 11.7. The smallest absolute Gasteiger partial charge is 0.241 e. The van der Waals surface area contributed by atoms with Crippen LogP contribution in [-0.2, 0) is 4.79 Å². The van der Waals surface area contributed by atoms with E-state index in [1.54, 1.807) is 6.92 Å². The van der Waals surface area contributed by atoms with E-state index in [-0.39, 0.29) is 10.0 Å². The number of benzene rings is 1. The molecule has 0 fully saturated rings. The molecule has 17 heavy (non-hydrogen) atoms. The highest BCUT2D eigenvalue weighted by Crippen LogP contribution is 2.32. The standard InChI is InChI=1S/C11H9Cl3N2O/c1-2-6(5-15)11(17)16-10-4-8(13)7(12)3-9(10)14/h3-4,6H,2H2,1H3,(H,16,17). The topological polar surface area (TPSA) is 52.9 Å². The lowest BCUT2D eigenvalue weighted by molar-refractivity contribution is -0.118. The van der Waals surface area contributed by atoms with Crippen LogP contribution in [0.1, 0.15) is 13.3 Å². The third kappa shape index (κ3) is 3.50. The van der Waals surface area contributed by atoms with Gasteiger partial charge in [0, 0.05) is 0 Å². The maximum atomic E-state index is 11.7. The predicted octanol–water partition coefficient (Wildman–Crippen LogP) is 4.14. The molecular weight excluding hydrogens is 282 g/mol. The van der Waals surface area contributed by atoms with Crippen LogP contribution in [0, 0.1) is 17.2 Å². The van der Waals surface area contributed by atoms with Gasteiger partial charge in [-0.05, 0) is 18.6 Å². The summed E-state index contributed by atoms with van der Waals surface area (Å²) in [4.78, 5) is 11.7. The van der Waals surface area contributed by atoms with Gasteiger partial charge in [-0.3, -0.25) is 4.79 Å². The van der Waals surface area contributed by atoms with E-state index < -0.39 is 11.8 Å². The maximum Gasteiger partial charge on any atom is 0.241 e. The van der Waals surface area contributed by atoms with Crippen molar-refractivity contribution in [2.24, 2.45) is 5.92 Å². The van der Waals surface area contributed by atoms with Crippen LogP contribution in [0.5, 0.6) is 0 Å². The molecule has 0 radical (unpaired) electrons. The minimum absolute atomic E-state index is 0.278. The zero-order chi connectivity index (χ0) is 13.0. The fraction of sp³-hybridized carbons (Fsp3) is 0.273. The number of nitrogens with zero attached hydrogens (tertiary/aromatic N) is 1. The van der Waals surface area contributed by atoms with Crippen LogP contribution in [0.2, 0.25) is 15.1 Å². The Morgan fingerprint density at radius 3 is 2.47 bits per heavy atom. The first kappa shape index (κ1) is 14.1. The van der Waals surface area contributed by atoms with E-state index in [2.05, 4.69) is 5.32 Å². The molecule has 0 aliphatic heterocycles. The molecule has 0 saturated heterocycles. The van der Waals surface area contributed by atoms with E-state index in [0.717, 1.165) is 0 Å². The van der Waals surface area contributed by atoms with Crippen LogP contribution < -0.4 is 5.32 Å². The average molecular weight is 292 g/mol. The highest BCUT2D eigenvalue weighted by molar-refractivity contribution is 6.44. The summed E-state index contributed by atoms with van der Waals surface area (Å²) in [5.41, 5.74) is 0.347. The number of carbonyl (C=O) groups excluding carboxylic acids is 1. The summed E-state index contributed by atoms with van der Waals surface area (Å²) >= 11 is 17.5. The molecule has 1 rings (SSSR count). The van der Waals surface area contributed by atoms with Gasteiger partial charge >= 0.3 is 0 Å². The van der Waals surface area contributed by atoms with Crippen molar-refractivity contribution >= 4 is 46.4 Å². The van der Waals surface area contributed by atoms with Crippen LogP contribution in [0.25, 0.3) is 0 Å². The Hall–Kier alpha value is -0.950. The zero-order valence-corrected chi connectivity index (χ0v) is 11.2. The Kier molecular flexibility index (Phi) is 5.07. The molecule has 90 valence electrons. The number of amides is 1. The SMILES string of the molecule is CCC(C#N)C(=O)Nc1cc(Cl)c(Cl)cc1Cl.